The van der Waals surface area contributed by atoms with Crippen molar-refractivity contribution in [3.8, 4) is 0 Å². The van der Waals surface area contributed by atoms with Gasteiger partial charge in [-0.2, -0.15) is 0 Å². The number of aliphatic hydroxyl groups excluding tert-OH is 2. The lowest BCUT2D eigenvalue weighted by molar-refractivity contribution is 0.199. The van der Waals surface area contributed by atoms with Crippen molar-refractivity contribution in [1.82, 2.24) is 0 Å². The third kappa shape index (κ3) is 2.85. The number of aliphatic hydroxyl groups is 2. The molecule has 0 saturated carbocycles. The zero-order valence-electron chi connectivity index (χ0n) is 11.0. The SMILES string of the molecule is CC(O)c1ccccc1N1CCCC1CCCO. The van der Waals surface area contributed by atoms with E-state index in [1.165, 1.54) is 12.8 Å². The second-order valence-electron chi connectivity index (χ2n) is 5.09. The van der Waals surface area contributed by atoms with Gasteiger partial charge in [-0.05, 0) is 38.7 Å². The molecule has 100 valence electrons. The van der Waals surface area contributed by atoms with Gasteiger partial charge in [0.2, 0.25) is 0 Å². The summed E-state index contributed by atoms with van der Waals surface area (Å²) in [5.41, 5.74) is 2.17. The van der Waals surface area contributed by atoms with Crippen molar-refractivity contribution in [3.05, 3.63) is 29.8 Å². The van der Waals surface area contributed by atoms with Crippen LogP contribution >= 0.6 is 0 Å². The number of rotatable bonds is 5. The topological polar surface area (TPSA) is 43.7 Å². The van der Waals surface area contributed by atoms with Crippen LogP contribution in [0.25, 0.3) is 0 Å². The Bertz CT molecular complexity index is 379. The molecule has 0 aromatic heterocycles. The van der Waals surface area contributed by atoms with E-state index in [1.807, 2.05) is 25.1 Å². The minimum Gasteiger partial charge on any atom is -0.396 e. The quantitative estimate of drug-likeness (QED) is 0.842. The van der Waals surface area contributed by atoms with Crippen LogP contribution in [0.4, 0.5) is 5.69 Å². The minimum absolute atomic E-state index is 0.266. The summed E-state index contributed by atoms with van der Waals surface area (Å²) in [5.74, 6) is 0. The first-order valence-corrected chi connectivity index (χ1v) is 6.88. The number of para-hydroxylation sites is 1. The molecule has 1 aliphatic rings. The van der Waals surface area contributed by atoms with E-state index in [0.29, 0.717) is 6.04 Å². The molecular weight excluding hydrogens is 226 g/mol. The molecule has 1 fully saturated rings. The summed E-state index contributed by atoms with van der Waals surface area (Å²) in [6.45, 7) is 3.14. The van der Waals surface area contributed by atoms with Gasteiger partial charge >= 0.3 is 0 Å². The summed E-state index contributed by atoms with van der Waals surface area (Å²) in [5, 5.41) is 18.8. The summed E-state index contributed by atoms with van der Waals surface area (Å²) >= 11 is 0. The Morgan fingerprint density at radius 1 is 1.39 bits per heavy atom. The molecule has 2 rings (SSSR count). The van der Waals surface area contributed by atoms with E-state index in [0.717, 1.165) is 30.6 Å². The lowest BCUT2D eigenvalue weighted by atomic mass is 10.0. The van der Waals surface area contributed by atoms with Gasteiger partial charge in [-0.1, -0.05) is 18.2 Å². The highest BCUT2D eigenvalue weighted by atomic mass is 16.3. The first kappa shape index (κ1) is 13.4. The average molecular weight is 249 g/mol. The maximum absolute atomic E-state index is 9.86. The highest BCUT2D eigenvalue weighted by Gasteiger charge is 2.26. The molecule has 0 bridgehead atoms. The van der Waals surface area contributed by atoms with E-state index in [1.54, 1.807) is 0 Å². The van der Waals surface area contributed by atoms with Crippen molar-refractivity contribution in [1.29, 1.82) is 0 Å². The second-order valence-corrected chi connectivity index (χ2v) is 5.09. The molecule has 1 aromatic rings. The summed E-state index contributed by atoms with van der Waals surface area (Å²) in [6, 6.07) is 8.62. The highest BCUT2D eigenvalue weighted by molar-refractivity contribution is 5.56. The summed E-state index contributed by atoms with van der Waals surface area (Å²) in [4.78, 5) is 2.40. The van der Waals surface area contributed by atoms with Crippen molar-refractivity contribution in [3.63, 3.8) is 0 Å². The van der Waals surface area contributed by atoms with Crippen LogP contribution in [0.5, 0.6) is 0 Å². The Hall–Kier alpha value is -1.06. The van der Waals surface area contributed by atoms with Crippen LogP contribution < -0.4 is 4.90 Å². The molecule has 0 amide bonds. The maximum atomic E-state index is 9.86. The standard InChI is InChI=1S/C15H23NO2/c1-12(18)14-8-2-3-9-15(14)16-10-4-6-13(16)7-5-11-17/h2-3,8-9,12-13,17-18H,4-7,10-11H2,1H3. The van der Waals surface area contributed by atoms with Gasteiger partial charge in [0.15, 0.2) is 0 Å². The molecule has 2 atom stereocenters. The number of hydrogen-bond donors (Lipinski definition) is 2. The third-order valence-electron chi connectivity index (χ3n) is 3.77. The van der Waals surface area contributed by atoms with Crippen molar-refractivity contribution >= 4 is 5.69 Å². The molecule has 0 aliphatic carbocycles. The van der Waals surface area contributed by atoms with Crippen LogP contribution in [0.3, 0.4) is 0 Å². The summed E-state index contributed by atoms with van der Waals surface area (Å²) < 4.78 is 0. The molecule has 3 heteroatoms. The maximum Gasteiger partial charge on any atom is 0.0781 e. The lowest BCUT2D eigenvalue weighted by Crippen LogP contribution is -2.30. The number of nitrogens with zero attached hydrogens (tertiary/aromatic N) is 1. The fraction of sp³-hybridized carbons (Fsp3) is 0.600. The summed E-state index contributed by atoms with van der Waals surface area (Å²) in [7, 11) is 0. The van der Waals surface area contributed by atoms with E-state index in [4.69, 9.17) is 5.11 Å². The minimum atomic E-state index is -0.430. The largest absolute Gasteiger partial charge is 0.396 e. The predicted molar refractivity (Wildman–Crippen MR) is 73.8 cm³/mol. The molecule has 3 nitrogen and oxygen atoms in total. The Kier molecular flexibility index (Phi) is 4.61. The Morgan fingerprint density at radius 3 is 2.89 bits per heavy atom. The summed E-state index contributed by atoms with van der Waals surface area (Å²) in [6.07, 6.45) is 3.85. The van der Waals surface area contributed by atoms with Crippen molar-refractivity contribution in [2.45, 2.75) is 44.8 Å². The van der Waals surface area contributed by atoms with E-state index in [9.17, 15) is 5.11 Å². The van der Waals surface area contributed by atoms with Gasteiger partial charge in [0, 0.05) is 30.4 Å². The smallest absolute Gasteiger partial charge is 0.0781 e. The average Bonchev–Trinajstić information content (AvgIpc) is 2.84. The normalized spacial score (nSPS) is 21.3. The van der Waals surface area contributed by atoms with E-state index in [-0.39, 0.29) is 6.61 Å². The van der Waals surface area contributed by atoms with Crippen molar-refractivity contribution in [2.24, 2.45) is 0 Å². The zero-order chi connectivity index (χ0) is 13.0. The van der Waals surface area contributed by atoms with Gasteiger partial charge in [-0.3, -0.25) is 0 Å². The molecular formula is C15H23NO2. The molecule has 1 saturated heterocycles. The van der Waals surface area contributed by atoms with Gasteiger partial charge in [0.25, 0.3) is 0 Å². The van der Waals surface area contributed by atoms with Crippen molar-refractivity contribution in [2.75, 3.05) is 18.1 Å². The van der Waals surface area contributed by atoms with E-state index < -0.39 is 6.10 Å². The number of benzene rings is 1. The number of anilines is 1. The van der Waals surface area contributed by atoms with Crippen LogP contribution in [-0.2, 0) is 0 Å². The van der Waals surface area contributed by atoms with Crippen molar-refractivity contribution < 1.29 is 10.2 Å². The first-order valence-electron chi connectivity index (χ1n) is 6.88. The van der Waals surface area contributed by atoms with Gasteiger partial charge in [-0.15, -0.1) is 0 Å². The molecule has 1 heterocycles. The molecule has 1 aliphatic heterocycles. The number of hydrogen-bond acceptors (Lipinski definition) is 3. The van der Waals surface area contributed by atoms with E-state index >= 15 is 0 Å². The van der Waals surface area contributed by atoms with Gasteiger partial charge in [0.05, 0.1) is 6.10 Å². The Morgan fingerprint density at radius 2 is 2.17 bits per heavy atom. The first-order chi connectivity index (χ1) is 8.74. The fourth-order valence-electron chi connectivity index (χ4n) is 2.88. The van der Waals surface area contributed by atoms with Crippen LogP contribution in [0.1, 0.15) is 44.3 Å². The Balaban J connectivity index is 2.19. The highest BCUT2D eigenvalue weighted by Crippen LogP contribution is 2.33. The third-order valence-corrected chi connectivity index (χ3v) is 3.77. The van der Waals surface area contributed by atoms with E-state index in [2.05, 4.69) is 11.0 Å². The molecule has 18 heavy (non-hydrogen) atoms. The fourth-order valence-corrected chi connectivity index (χ4v) is 2.88. The monoisotopic (exact) mass is 249 g/mol. The zero-order valence-corrected chi connectivity index (χ0v) is 11.0. The molecule has 0 radical (unpaired) electrons. The molecule has 1 aromatic carbocycles. The van der Waals surface area contributed by atoms with Crippen LogP contribution in [0.2, 0.25) is 0 Å². The predicted octanol–water partition coefficient (Wildman–Crippen LogP) is 2.48. The molecule has 2 unspecified atom stereocenters. The Labute approximate surface area is 109 Å². The van der Waals surface area contributed by atoms with Crippen LogP contribution in [0.15, 0.2) is 24.3 Å². The van der Waals surface area contributed by atoms with Gasteiger partial charge in [-0.25, -0.2) is 0 Å². The molecule has 2 N–H and O–H groups in total. The second kappa shape index (κ2) is 6.21. The lowest BCUT2D eigenvalue weighted by Gasteiger charge is -2.29. The van der Waals surface area contributed by atoms with Gasteiger partial charge < -0.3 is 15.1 Å². The van der Waals surface area contributed by atoms with Crippen LogP contribution in [-0.4, -0.2) is 29.4 Å². The van der Waals surface area contributed by atoms with Gasteiger partial charge in [0.1, 0.15) is 0 Å². The van der Waals surface area contributed by atoms with Crippen LogP contribution in [0, 0.1) is 0 Å². The molecule has 0 spiro atoms.